The van der Waals surface area contributed by atoms with Crippen molar-refractivity contribution in [3.8, 4) is 0 Å². The second-order valence-corrected chi connectivity index (χ2v) is 5.42. The van der Waals surface area contributed by atoms with Crippen LogP contribution in [0.15, 0.2) is 70.1 Å². The highest BCUT2D eigenvalue weighted by molar-refractivity contribution is 6.33. The fourth-order valence-electron chi connectivity index (χ4n) is 2.29. The fourth-order valence-corrected chi connectivity index (χ4v) is 2.52. The van der Waals surface area contributed by atoms with Crippen molar-refractivity contribution in [2.75, 3.05) is 6.54 Å². The SMILES string of the molecule is O=C(NC[C@](O)(c1ccoc1)c1ccco1)c1ccccc1Cl. The van der Waals surface area contributed by atoms with Crippen LogP contribution < -0.4 is 5.32 Å². The summed E-state index contributed by atoms with van der Waals surface area (Å²) in [6.45, 7) is -0.0932. The average molecular weight is 332 g/mol. The first kappa shape index (κ1) is 15.4. The number of carbonyl (C=O) groups is 1. The highest BCUT2D eigenvalue weighted by Crippen LogP contribution is 2.30. The third-order valence-corrected chi connectivity index (χ3v) is 3.88. The summed E-state index contributed by atoms with van der Waals surface area (Å²) in [6, 6.07) is 11.6. The molecular weight excluding hydrogens is 318 g/mol. The molecule has 5 nitrogen and oxygen atoms in total. The van der Waals surface area contributed by atoms with Gasteiger partial charge in [-0.2, -0.15) is 0 Å². The standard InChI is InChI=1S/C17H14ClNO4/c18-14-5-2-1-4-13(14)16(20)19-11-17(21,12-7-9-22-10-12)15-6-3-8-23-15/h1-10,21H,11H2,(H,19,20)/t17-/m0/s1. The molecule has 2 N–H and O–H groups in total. The molecular formula is C17H14ClNO4. The molecule has 0 fully saturated rings. The number of benzene rings is 1. The molecule has 0 aliphatic rings. The molecule has 3 rings (SSSR count). The third-order valence-electron chi connectivity index (χ3n) is 3.55. The van der Waals surface area contributed by atoms with Crippen LogP contribution in [0, 0.1) is 0 Å². The molecule has 0 unspecified atom stereocenters. The molecule has 0 saturated carbocycles. The number of furan rings is 2. The molecule has 23 heavy (non-hydrogen) atoms. The maximum Gasteiger partial charge on any atom is 0.252 e. The Hall–Kier alpha value is -2.50. The van der Waals surface area contributed by atoms with Crippen LogP contribution >= 0.6 is 11.6 Å². The van der Waals surface area contributed by atoms with E-state index >= 15 is 0 Å². The molecule has 1 atom stereocenters. The van der Waals surface area contributed by atoms with Crippen LogP contribution in [0.5, 0.6) is 0 Å². The maximum absolute atomic E-state index is 12.3. The van der Waals surface area contributed by atoms with Crippen LogP contribution in [-0.4, -0.2) is 17.6 Å². The van der Waals surface area contributed by atoms with Gasteiger partial charge >= 0.3 is 0 Å². The zero-order valence-corrected chi connectivity index (χ0v) is 12.8. The second kappa shape index (κ2) is 6.32. The van der Waals surface area contributed by atoms with Gasteiger partial charge < -0.3 is 19.3 Å². The summed E-state index contributed by atoms with van der Waals surface area (Å²) in [5.41, 5.74) is -0.719. The summed E-state index contributed by atoms with van der Waals surface area (Å²) < 4.78 is 10.3. The molecule has 2 aromatic heterocycles. The quantitative estimate of drug-likeness (QED) is 0.753. The number of hydrogen-bond donors (Lipinski definition) is 2. The van der Waals surface area contributed by atoms with Crippen LogP contribution in [-0.2, 0) is 5.60 Å². The minimum Gasteiger partial charge on any atom is -0.472 e. The van der Waals surface area contributed by atoms with Gasteiger partial charge in [-0.3, -0.25) is 4.79 Å². The van der Waals surface area contributed by atoms with Crippen molar-refractivity contribution >= 4 is 17.5 Å². The third kappa shape index (κ3) is 3.02. The van der Waals surface area contributed by atoms with Gasteiger partial charge in [0.25, 0.3) is 5.91 Å². The number of amides is 1. The van der Waals surface area contributed by atoms with Gasteiger partial charge in [-0.05, 0) is 30.3 Å². The number of hydrogen-bond acceptors (Lipinski definition) is 4. The Balaban J connectivity index is 1.84. The predicted octanol–water partition coefficient (Wildman–Crippen LogP) is 3.19. The van der Waals surface area contributed by atoms with E-state index in [1.54, 1.807) is 42.5 Å². The molecule has 118 valence electrons. The average Bonchev–Trinajstić information content (AvgIpc) is 3.25. The molecule has 3 aromatic rings. The molecule has 0 spiro atoms. The molecule has 0 radical (unpaired) electrons. The smallest absolute Gasteiger partial charge is 0.252 e. The Kier molecular flexibility index (Phi) is 4.23. The number of aliphatic hydroxyl groups is 1. The van der Waals surface area contributed by atoms with Gasteiger partial charge in [-0.15, -0.1) is 0 Å². The molecule has 0 bridgehead atoms. The maximum atomic E-state index is 12.3. The van der Waals surface area contributed by atoms with Crippen LogP contribution in [0.3, 0.4) is 0 Å². The highest BCUT2D eigenvalue weighted by atomic mass is 35.5. The Labute approximate surface area is 137 Å². The van der Waals surface area contributed by atoms with Crippen LogP contribution in [0.2, 0.25) is 5.02 Å². The first-order valence-electron chi connectivity index (χ1n) is 6.93. The van der Waals surface area contributed by atoms with E-state index in [2.05, 4.69) is 5.32 Å². The van der Waals surface area contributed by atoms with E-state index in [1.165, 1.54) is 18.8 Å². The van der Waals surface area contributed by atoms with Gasteiger partial charge in [0.2, 0.25) is 0 Å². The van der Waals surface area contributed by atoms with Crippen LogP contribution in [0.25, 0.3) is 0 Å². The predicted molar refractivity (Wildman–Crippen MR) is 84.2 cm³/mol. The van der Waals surface area contributed by atoms with Crippen molar-refractivity contribution in [2.45, 2.75) is 5.60 Å². The minimum absolute atomic E-state index is 0.0932. The minimum atomic E-state index is -1.53. The molecule has 1 aromatic carbocycles. The summed E-state index contributed by atoms with van der Waals surface area (Å²) in [4.78, 5) is 12.3. The van der Waals surface area contributed by atoms with Crippen molar-refractivity contribution in [1.82, 2.24) is 5.32 Å². The van der Waals surface area contributed by atoms with Crippen molar-refractivity contribution in [1.29, 1.82) is 0 Å². The lowest BCUT2D eigenvalue weighted by atomic mass is 9.93. The van der Waals surface area contributed by atoms with E-state index in [0.29, 0.717) is 21.9 Å². The number of nitrogens with one attached hydrogen (secondary N) is 1. The summed E-state index contributed by atoms with van der Waals surface area (Å²) in [5.74, 6) is -0.0811. The van der Waals surface area contributed by atoms with Gasteiger partial charge in [-0.1, -0.05) is 23.7 Å². The topological polar surface area (TPSA) is 75.6 Å². The molecule has 2 heterocycles. The highest BCUT2D eigenvalue weighted by Gasteiger charge is 2.36. The lowest BCUT2D eigenvalue weighted by molar-refractivity contribution is 0.0520. The Morgan fingerprint density at radius 3 is 2.65 bits per heavy atom. The van der Waals surface area contributed by atoms with Crippen molar-refractivity contribution < 1.29 is 18.7 Å². The van der Waals surface area contributed by atoms with Gasteiger partial charge in [0.15, 0.2) is 5.60 Å². The Bertz CT molecular complexity index is 747. The van der Waals surface area contributed by atoms with E-state index in [-0.39, 0.29) is 12.5 Å². The lowest BCUT2D eigenvalue weighted by Gasteiger charge is -2.25. The van der Waals surface area contributed by atoms with Crippen LogP contribution in [0.1, 0.15) is 21.7 Å². The molecule has 1 amide bonds. The second-order valence-electron chi connectivity index (χ2n) is 5.01. The summed E-state index contributed by atoms with van der Waals surface area (Å²) in [7, 11) is 0. The summed E-state index contributed by atoms with van der Waals surface area (Å²) in [5, 5.41) is 14.0. The largest absolute Gasteiger partial charge is 0.472 e. The first-order valence-corrected chi connectivity index (χ1v) is 7.31. The van der Waals surface area contributed by atoms with Gasteiger partial charge in [-0.25, -0.2) is 0 Å². The summed E-state index contributed by atoms with van der Waals surface area (Å²) >= 11 is 6.01. The Morgan fingerprint density at radius 2 is 2.00 bits per heavy atom. The molecule has 6 heteroatoms. The summed E-state index contributed by atoms with van der Waals surface area (Å²) in [6.07, 6.45) is 4.31. The van der Waals surface area contributed by atoms with E-state index in [1.807, 2.05) is 0 Å². The van der Waals surface area contributed by atoms with Crippen LogP contribution in [0.4, 0.5) is 0 Å². The zero-order valence-electron chi connectivity index (χ0n) is 12.0. The van der Waals surface area contributed by atoms with Gasteiger partial charge in [0.1, 0.15) is 5.76 Å². The van der Waals surface area contributed by atoms with Gasteiger partial charge in [0.05, 0.1) is 35.9 Å². The van der Waals surface area contributed by atoms with E-state index in [4.69, 9.17) is 20.4 Å². The van der Waals surface area contributed by atoms with Crippen molar-refractivity contribution in [3.63, 3.8) is 0 Å². The first-order chi connectivity index (χ1) is 11.1. The number of halogens is 1. The molecule has 0 aliphatic carbocycles. The monoisotopic (exact) mass is 331 g/mol. The zero-order chi connectivity index (χ0) is 16.3. The van der Waals surface area contributed by atoms with Crippen molar-refractivity contribution in [3.05, 3.63) is 83.2 Å². The molecule has 0 aliphatic heterocycles. The Morgan fingerprint density at radius 1 is 1.17 bits per heavy atom. The van der Waals surface area contributed by atoms with Gasteiger partial charge in [0, 0.05) is 5.56 Å². The fraction of sp³-hybridized carbons (Fsp3) is 0.118. The van der Waals surface area contributed by atoms with E-state index in [0.717, 1.165) is 0 Å². The van der Waals surface area contributed by atoms with E-state index < -0.39 is 5.60 Å². The molecule has 0 saturated heterocycles. The lowest BCUT2D eigenvalue weighted by Crippen LogP contribution is -2.41. The number of carbonyl (C=O) groups excluding carboxylic acids is 1. The van der Waals surface area contributed by atoms with Crippen molar-refractivity contribution in [2.24, 2.45) is 0 Å². The normalized spacial score (nSPS) is 13.5. The number of rotatable bonds is 5. The van der Waals surface area contributed by atoms with E-state index in [9.17, 15) is 9.90 Å².